The number of hydrogen-bond acceptors (Lipinski definition) is 5. The summed E-state index contributed by atoms with van der Waals surface area (Å²) in [5.74, 6) is -0.606. The zero-order valence-electron chi connectivity index (χ0n) is 18.2. The van der Waals surface area contributed by atoms with Crippen molar-refractivity contribution < 1.29 is 23.9 Å². The van der Waals surface area contributed by atoms with Crippen molar-refractivity contribution in [1.29, 1.82) is 0 Å². The number of nitrogens with one attached hydrogen (secondary N) is 2. The molecular formula is C23H31N3O5. The summed E-state index contributed by atoms with van der Waals surface area (Å²) < 4.78 is 5.09. The number of esters is 1. The lowest BCUT2D eigenvalue weighted by atomic mass is 9.77. The first-order valence-corrected chi connectivity index (χ1v) is 10.9. The maximum Gasteiger partial charge on any atom is 0.326 e. The highest BCUT2D eigenvalue weighted by atomic mass is 16.5. The van der Waals surface area contributed by atoms with E-state index in [0.29, 0.717) is 31.6 Å². The van der Waals surface area contributed by atoms with Crippen molar-refractivity contribution >= 4 is 23.8 Å². The van der Waals surface area contributed by atoms with Crippen molar-refractivity contribution in [1.82, 2.24) is 15.5 Å². The maximum absolute atomic E-state index is 12.7. The number of carbonyl (C=O) groups excluding carboxylic acids is 4. The van der Waals surface area contributed by atoms with E-state index >= 15 is 0 Å². The summed E-state index contributed by atoms with van der Waals surface area (Å²) in [4.78, 5) is 49.9. The van der Waals surface area contributed by atoms with Crippen molar-refractivity contribution in [3.8, 4) is 0 Å². The average Bonchev–Trinajstić information content (AvgIpc) is 2.97. The Balaban J connectivity index is 1.34. The molecule has 1 aliphatic carbocycles. The lowest BCUT2D eigenvalue weighted by molar-refractivity contribution is -0.148. The molecule has 4 amide bonds. The Morgan fingerprint density at radius 2 is 1.87 bits per heavy atom. The van der Waals surface area contributed by atoms with Crippen LogP contribution in [-0.2, 0) is 25.5 Å². The SMILES string of the molecule is Cc1ccc(CCC(=O)NCCOC(=O)CN2C(=O)NC3(CCC(C)CC3)C2=O)cc1. The Hall–Kier alpha value is -2.90. The van der Waals surface area contributed by atoms with Gasteiger partial charge in [0.25, 0.3) is 5.91 Å². The van der Waals surface area contributed by atoms with Crippen molar-refractivity contribution in [2.24, 2.45) is 5.92 Å². The molecule has 8 heteroatoms. The molecule has 1 saturated heterocycles. The highest BCUT2D eigenvalue weighted by Gasteiger charge is 2.52. The molecule has 8 nitrogen and oxygen atoms in total. The second kappa shape index (κ2) is 9.94. The minimum atomic E-state index is -0.866. The van der Waals surface area contributed by atoms with Gasteiger partial charge in [0.15, 0.2) is 0 Å². The molecule has 1 aromatic rings. The zero-order valence-corrected chi connectivity index (χ0v) is 18.2. The summed E-state index contributed by atoms with van der Waals surface area (Å²) in [6, 6.07) is 7.47. The van der Waals surface area contributed by atoms with E-state index in [1.165, 1.54) is 5.56 Å². The first-order chi connectivity index (χ1) is 14.8. The molecule has 2 fully saturated rings. The molecule has 1 saturated carbocycles. The molecule has 0 bridgehead atoms. The topological polar surface area (TPSA) is 105 Å². The van der Waals surface area contributed by atoms with Crippen molar-refractivity contribution in [3.63, 3.8) is 0 Å². The number of urea groups is 1. The number of amides is 4. The van der Waals surface area contributed by atoms with Crippen LogP contribution in [-0.4, -0.2) is 54.0 Å². The van der Waals surface area contributed by atoms with Crippen LogP contribution in [0.4, 0.5) is 4.79 Å². The van der Waals surface area contributed by atoms with Crippen LogP contribution < -0.4 is 10.6 Å². The lowest BCUT2D eigenvalue weighted by Crippen LogP contribution is -2.49. The Morgan fingerprint density at radius 3 is 2.55 bits per heavy atom. The third-order valence-corrected chi connectivity index (χ3v) is 6.11. The van der Waals surface area contributed by atoms with E-state index in [0.717, 1.165) is 23.3 Å². The van der Waals surface area contributed by atoms with Gasteiger partial charge in [0.2, 0.25) is 5.91 Å². The van der Waals surface area contributed by atoms with Crippen LogP contribution >= 0.6 is 0 Å². The molecule has 1 aliphatic heterocycles. The van der Waals surface area contributed by atoms with Gasteiger partial charge in [-0.15, -0.1) is 0 Å². The van der Waals surface area contributed by atoms with Gasteiger partial charge in [0.05, 0.1) is 6.54 Å². The molecule has 2 N–H and O–H groups in total. The van der Waals surface area contributed by atoms with Gasteiger partial charge in [0.1, 0.15) is 18.7 Å². The molecule has 168 valence electrons. The Labute approximate surface area is 182 Å². The van der Waals surface area contributed by atoms with Gasteiger partial charge in [-0.3, -0.25) is 19.3 Å². The van der Waals surface area contributed by atoms with Crippen LogP contribution in [0.25, 0.3) is 0 Å². The Morgan fingerprint density at radius 1 is 1.19 bits per heavy atom. The average molecular weight is 430 g/mol. The third-order valence-electron chi connectivity index (χ3n) is 6.11. The van der Waals surface area contributed by atoms with Crippen LogP contribution in [0, 0.1) is 12.8 Å². The van der Waals surface area contributed by atoms with Crippen molar-refractivity contribution in [3.05, 3.63) is 35.4 Å². The maximum atomic E-state index is 12.7. The fourth-order valence-electron chi connectivity index (χ4n) is 4.04. The number of carbonyl (C=O) groups is 4. The van der Waals surface area contributed by atoms with Crippen LogP contribution in [0.1, 0.15) is 50.2 Å². The van der Waals surface area contributed by atoms with Crippen LogP contribution in [0.15, 0.2) is 24.3 Å². The summed E-state index contributed by atoms with van der Waals surface area (Å²) >= 11 is 0. The van der Waals surface area contributed by atoms with E-state index in [9.17, 15) is 19.2 Å². The number of rotatable bonds is 8. The highest BCUT2D eigenvalue weighted by molar-refractivity contribution is 6.08. The molecule has 0 radical (unpaired) electrons. The fourth-order valence-corrected chi connectivity index (χ4v) is 4.04. The number of ether oxygens (including phenoxy) is 1. The minimum absolute atomic E-state index is 0.0125. The highest BCUT2D eigenvalue weighted by Crippen LogP contribution is 2.36. The van der Waals surface area contributed by atoms with E-state index in [4.69, 9.17) is 4.74 Å². The van der Waals surface area contributed by atoms with E-state index in [-0.39, 0.29) is 25.0 Å². The standard InChI is InChI=1S/C23H31N3O5/c1-16-3-5-18(6-4-16)7-8-19(27)24-13-14-31-20(28)15-26-21(29)23(25-22(26)30)11-9-17(2)10-12-23/h3-6,17H,7-15H2,1-2H3,(H,24,27)(H,25,30). The monoisotopic (exact) mass is 429 g/mol. The summed E-state index contributed by atoms with van der Waals surface area (Å²) in [7, 11) is 0. The first kappa shape index (κ1) is 22.8. The third kappa shape index (κ3) is 5.83. The van der Waals surface area contributed by atoms with E-state index in [1.54, 1.807) is 0 Å². The molecular weight excluding hydrogens is 398 g/mol. The predicted octanol–water partition coefficient (Wildman–Crippen LogP) is 2.09. The smallest absolute Gasteiger partial charge is 0.326 e. The zero-order chi connectivity index (χ0) is 22.4. The summed E-state index contributed by atoms with van der Waals surface area (Å²) in [6.45, 7) is 3.90. The van der Waals surface area contributed by atoms with Gasteiger partial charge in [0, 0.05) is 6.42 Å². The fraction of sp³-hybridized carbons (Fsp3) is 0.565. The molecule has 0 atom stereocenters. The number of nitrogens with zero attached hydrogens (tertiary/aromatic N) is 1. The number of imide groups is 1. The Bertz CT molecular complexity index is 828. The van der Waals surface area contributed by atoms with E-state index in [1.807, 2.05) is 31.2 Å². The van der Waals surface area contributed by atoms with E-state index in [2.05, 4.69) is 17.6 Å². The number of benzene rings is 1. The van der Waals surface area contributed by atoms with E-state index < -0.39 is 24.1 Å². The normalized spacial score (nSPS) is 23.0. The van der Waals surface area contributed by atoms with Crippen LogP contribution in [0.2, 0.25) is 0 Å². The number of aryl methyl sites for hydroxylation is 2. The molecule has 2 aliphatic rings. The largest absolute Gasteiger partial charge is 0.462 e. The molecule has 1 aromatic carbocycles. The predicted molar refractivity (Wildman–Crippen MR) is 114 cm³/mol. The van der Waals surface area contributed by atoms with Crippen molar-refractivity contribution in [2.75, 3.05) is 19.7 Å². The number of hydrogen-bond donors (Lipinski definition) is 2. The second-order valence-corrected chi connectivity index (χ2v) is 8.64. The van der Waals surface area contributed by atoms with Crippen LogP contribution in [0.5, 0.6) is 0 Å². The molecule has 31 heavy (non-hydrogen) atoms. The molecule has 0 unspecified atom stereocenters. The van der Waals surface area contributed by atoms with Crippen molar-refractivity contribution in [2.45, 2.75) is 57.9 Å². The molecule has 0 aromatic heterocycles. The molecule has 3 rings (SSSR count). The molecule has 1 heterocycles. The summed E-state index contributed by atoms with van der Waals surface area (Å²) in [5.41, 5.74) is 1.40. The van der Waals surface area contributed by atoms with Crippen LogP contribution in [0.3, 0.4) is 0 Å². The van der Waals surface area contributed by atoms with Gasteiger partial charge in [-0.25, -0.2) is 4.79 Å². The second-order valence-electron chi connectivity index (χ2n) is 8.64. The molecule has 1 spiro atoms. The van der Waals surface area contributed by atoms with Gasteiger partial charge < -0.3 is 15.4 Å². The van der Waals surface area contributed by atoms with Gasteiger partial charge in [-0.1, -0.05) is 36.8 Å². The van der Waals surface area contributed by atoms with Gasteiger partial charge in [-0.05, 0) is 50.5 Å². The minimum Gasteiger partial charge on any atom is -0.462 e. The van der Waals surface area contributed by atoms with Gasteiger partial charge >= 0.3 is 12.0 Å². The first-order valence-electron chi connectivity index (χ1n) is 10.9. The quantitative estimate of drug-likeness (QED) is 0.374. The summed E-state index contributed by atoms with van der Waals surface area (Å²) in [6.07, 6.45) is 3.92. The van der Waals surface area contributed by atoms with Gasteiger partial charge in [-0.2, -0.15) is 0 Å². The lowest BCUT2D eigenvalue weighted by Gasteiger charge is -2.33. The Kier molecular flexibility index (Phi) is 7.30. The summed E-state index contributed by atoms with van der Waals surface area (Å²) in [5, 5.41) is 5.49.